The molecule has 1 aliphatic rings. The molecule has 1 saturated heterocycles. The average Bonchev–Trinajstić information content (AvgIpc) is 2.69. The molecule has 0 radical (unpaired) electrons. The molecule has 0 saturated carbocycles. The Morgan fingerprint density at radius 2 is 1.83 bits per heavy atom. The highest BCUT2D eigenvalue weighted by molar-refractivity contribution is 7.86. The lowest BCUT2D eigenvalue weighted by Gasteiger charge is -2.31. The van der Waals surface area contributed by atoms with Gasteiger partial charge in [-0.25, -0.2) is 9.59 Å². The van der Waals surface area contributed by atoms with Gasteiger partial charge in [0, 0.05) is 25.9 Å². The number of likely N-dealkylation sites (tertiary alicyclic amines) is 1. The van der Waals surface area contributed by atoms with E-state index in [-0.39, 0.29) is 19.1 Å². The van der Waals surface area contributed by atoms with Crippen LogP contribution in [0.5, 0.6) is 0 Å². The van der Waals surface area contributed by atoms with E-state index in [9.17, 15) is 18.0 Å². The average molecular weight is 428 g/mol. The fourth-order valence-corrected chi connectivity index (χ4v) is 3.61. The summed E-state index contributed by atoms with van der Waals surface area (Å²) in [5.41, 5.74) is 0.911. The SMILES string of the molecule is CCCC[C@@H](OS(C)(=O)=O)C(=O)OC1CCN(C(=O)OCc2ccccc2)CC1. The molecule has 0 unspecified atom stereocenters. The van der Waals surface area contributed by atoms with E-state index in [2.05, 4.69) is 0 Å². The van der Waals surface area contributed by atoms with Gasteiger partial charge in [0.2, 0.25) is 0 Å². The number of carbonyl (C=O) groups is 2. The molecule has 8 nitrogen and oxygen atoms in total. The second kappa shape index (κ2) is 11.2. The number of unbranched alkanes of at least 4 members (excludes halogenated alkanes) is 1. The van der Waals surface area contributed by atoms with Crippen molar-refractivity contribution in [3.8, 4) is 0 Å². The van der Waals surface area contributed by atoms with Crippen LogP contribution in [-0.2, 0) is 35.2 Å². The molecule has 1 aromatic rings. The quantitative estimate of drug-likeness (QED) is 0.441. The van der Waals surface area contributed by atoms with Crippen molar-refractivity contribution < 1.29 is 31.7 Å². The fraction of sp³-hybridized carbons (Fsp3) is 0.600. The number of nitrogens with zero attached hydrogens (tertiary/aromatic N) is 1. The molecular formula is C20H29NO7S. The third-order valence-electron chi connectivity index (χ3n) is 4.56. The summed E-state index contributed by atoms with van der Waals surface area (Å²) < 4.78 is 38.4. The predicted molar refractivity (Wildman–Crippen MR) is 107 cm³/mol. The first-order chi connectivity index (χ1) is 13.8. The van der Waals surface area contributed by atoms with Crippen molar-refractivity contribution in [2.24, 2.45) is 0 Å². The lowest BCUT2D eigenvalue weighted by atomic mass is 10.1. The maximum Gasteiger partial charge on any atom is 0.410 e. The van der Waals surface area contributed by atoms with Gasteiger partial charge in [-0.3, -0.25) is 4.18 Å². The number of rotatable bonds is 9. The minimum Gasteiger partial charge on any atom is -0.460 e. The van der Waals surface area contributed by atoms with Crippen molar-refractivity contribution in [3.05, 3.63) is 35.9 Å². The zero-order valence-electron chi connectivity index (χ0n) is 16.9. The molecule has 1 fully saturated rings. The second-order valence-corrected chi connectivity index (χ2v) is 8.70. The van der Waals surface area contributed by atoms with E-state index in [1.807, 2.05) is 37.3 Å². The number of hydrogen-bond acceptors (Lipinski definition) is 7. The van der Waals surface area contributed by atoms with Crippen LogP contribution in [0.15, 0.2) is 30.3 Å². The molecule has 9 heteroatoms. The second-order valence-electron chi connectivity index (χ2n) is 7.09. The lowest BCUT2D eigenvalue weighted by Crippen LogP contribution is -2.42. The minimum absolute atomic E-state index is 0.205. The Hall–Kier alpha value is -2.13. The summed E-state index contributed by atoms with van der Waals surface area (Å²) in [6.07, 6.45) is 1.68. The van der Waals surface area contributed by atoms with Gasteiger partial charge in [-0.2, -0.15) is 8.42 Å². The monoisotopic (exact) mass is 427 g/mol. The summed E-state index contributed by atoms with van der Waals surface area (Å²) in [6.45, 7) is 2.95. The Morgan fingerprint density at radius 1 is 1.17 bits per heavy atom. The highest BCUT2D eigenvalue weighted by atomic mass is 32.2. The third kappa shape index (κ3) is 8.41. The van der Waals surface area contributed by atoms with Crippen LogP contribution in [0.4, 0.5) is 4.79 Å². The van der Waals surface area contributed by atoms with Gasteiger partial charge >= 0.3 is 12.1 Å². The summed E-state index contributed by atoms with van der Waals surface area (Å²) in [5, 5.41) is 0. The minimum atomic E-state index is -3.76. The molecule has 0 aliphatic carbocycles. The van der Waals surface area contributed by atoms with Gasteiger partial charge in [0.15, 0.2) is 6.10 Å². The topological polar surface area (TPSA) is 99.2 Å². The summed E-state index contributed by atoms with van der Waals surface area (Å²) in [4.78, 5) is 26.1. The van der Waals surface area contributed by atoms with Crippen molar-refractivity contribution >= 4 is 22.2 Å². The molecule has 0 bridgehead atoms. The standard InChI is InChI=1S/C20H29NO7S/c1-3-4-10-18(28-29(2,24)25)19(22)27-17-11-13-21(14-12-17)20(23)26-15-16-8-6-5-7-9-16/h5-9,17-18H,3-4,10-15H2,1-2H3/t18-/m1/s1. The van der Waals surface area contributed by atoms with Crippen molar-refractivity contribution in [2.75, 3.05) is 19.3 Å². The summed E-state index contributed by atoms with van der Waals surface area (Å²) in [7, 11) is -3.76. The van der Waals surface area contributed by atoms with Crippen LogP contribution in [0.3, 0.4) is 0 Å². The number of ether oxygens (including phenoxy) is 2. The zero-order chi connectivity index (χ0) is 21.3. The van der Waals surface area contributed by atoms with Crippen LogP contribution in [0.25, 0.3) is 0 Å². The number of piperidine rings is 1. The largest absolute Gasteiger partial charge is 0.460 e. The number of esters is 1. The number of carbonyl (C=O) groups excluding carboxylic acids is 2. The van der Waals surface area contributed by atoms with E-state index in [0.717, 1.165) is 18.2 Å². The first-order valence-electron chi connectivity index (χ1n) is 9.83. The van der Waals surface area contributed by atoms with E-state index >= 15 is 0 Å². The normalized spacial score (nSPS) is 16.3. The number of benzene rings is 1. The maximum atomic E-state index is 12.4. The molecule has 0 spiro atoms. The molecule has 29 heavy (non-hydrogen) atoms. The first-order valence-corrected chi connectivity index (χ1v) is 11.6. The van der Waals surface area contributed by atoms with Crippen molar-refractivity contribution in [2.45, 2.75) is 57.8 Å². The van der Waals surface area contributed by atoms with Crippen LogP contribution in [-0.4, -0.2) is 56.9 Å². The van der Waals surface area contributed by atoms with Gasteiger partial charge in [0.1, 0.15) is 12.7 Å². The van der Waals surface area contributed by atoms with Crippen LogP contribution in [0.1, 0.15) is 44.6 Å². The lowest BCUT2D eigenvalue weighted by molar-refractivity contribution is -0.159. The molecule has 0 aromatic heterocycles. The Balaban J connectivity index is 1.78. The van der Waals surface area contributed by atoms with Crippen molar-refractivity contribution in [1.29, 1.82) is 0 Å². The van der Waals surface area contributed by atoms with Crippen LogP contribution in [0.2, 0.25) is 0 Å². The number of hydrogen-bond donors (Lipinski definition) is 0. The molecule has 162 valence electrons. The molecule has 1 amide bonds. The van der Waals surface area contributed by atoms with Crippen LogP contribution in [0, 0.1) is 0 Å². The van der Waals surface area contributed by atoms with E-state index in [0.29, 0.717) is 32.4 Å². The van der Waals surface area contributed by atoms with E-state index in [4.69, 9.17) is 13.7 Å². The summed E-state index contributed by atoms with van der Waals surface area (Å²) in [6, 6.07) is 9.42. The van der Waals surface area contributed by atoms with Gasteiger partial charge in [0.25, 0.3) is 10.1 Å². The van der Waals surface area contributed by atoms with Gasteiger partial charge in [-0.1, -0.05) is 50.1 Å². The van der Waals surface area contributed by atoms with Gasteiger partial charge < -0.3 is 14.4 Å². The summed E-state index contributed by atoms with van der Waals surface area (Å²) >= 11 is 0. The predicted octanol–water partition coefficient (Wildman–Crippen LogP) is 2.87. The number of amides is 1. The molecule has 1 heterocycles. The van der Waals surface area contributed by atoms with Gasteiger partial charge in [-0.15, -0.1) is 0 Å². The van der Waals surface area contributed by atoms with E-state index in [1.165, 1.54) is 0 Å². The van der Waals surface area contributed by atoms with E-state index < -0.39 is 28.3 Å². The Morgan fingerprint density at radius 3 is 2.41 bits per heavy atom. The molecular weight excluding hydrogens is 398 g/mol. The van der Waals surface area contributed by atoms with Gasteiger partial charge in [-0.05, 0) is 12.0 Å². The Labute approximate surface area is 172 Å². The highest BCUT2D eigenvalue weighted by Crippen LogP contribution is 2.18. The Bertz CT molecular complexity index is 758. The van der Waals surface area contributed by atoms with E-state index in [1.54, 1.807) is 4.90 Å². The fourth-order valence-electron chi connectivity index (χ4n) is 3.01. The smallest absolute Gasteiger partial charge is 0.410 e. The zero-order valence-corrected chi connectivity index (χ0v) is 17.7. The molecule has 0 N–H and O–H groups in total. The Kier molecular flexibility index (Phi) is 8.91. The maximum absolute atomic E-state index is 12.4. The molecule has 1 aromatic carbocycles. The molecule has 1 aliphatic heterocycles. The van der Waals surface area contributed by atoms with Crippen molar-refractivity contribution in [3.63, 3.8) is 0 Å². The van der Waals surface area contributed by atoms with Gasteiger partial charge in [0.05, 0.1) is 6.26 Å². The summed E-state index contributed by atoms with van der Waals surface area (Å²) in [5.74, 6) is -0.672. The first kappa shape index (κ1) is 23.2. The van der Waals surface area contributed by atoms with Crippen LogP contribution >= 0.6 is 0 Å². The molecule has 1 atom stereocenters. The molecule has 2 rings (SSSR count). The third-order valence-corrected chi connectivity index (χ3v) is 5.14. The highest BCUT2D eigenvalue weighted by Gasteiger charge is 2.30. The van der Waals surface area contributed by atoms with Crippen LogP contribution < -0.4 is 0 Å². The van der Waals surface area contributed by atoms with Crippen molar-refractivity contribution in [1.82, 2.24) is 4.90 Å².